The van der Waals surface area contributed by atoms with Crippen molar-refractivity contribution in [3.63, 3.8) is 0 Å². The zero-order chi connectivity index (χ0) is 16.3. The average Bonchev–Trinajstić information content (AvgIpc) is 2.50. The lowest BCUT2D eigenvalue weighted by atomic mass is 10.1. The maximum absolute atomic E-state index is 13.2. The third-order valence-electron chi connectivity index (χ3n) is 4.02. The van der Waals surface area contributed by atoms with Crippen molar-refractivity contribution in [2.45, 2.75) is 20.8 Å². The first kappa shape index (κ1) is 16.6. The van der Waals surface area contributed by atoms with Crippen LogP contribution in [0.15, 0.2) is 18.2 Å². The van der Waals surface area contributed by atoms with Gasteiger partial charge >= 0.3 is 0 Å². The van der Waals surface area contributed by atoms with Crippen LogP contribution in [-0.2, 0) is 4.79 Å². The Morgan fingerprint density at radius 2 is 1.82 bits per heavy atom. The van der Waals surface area contributed by atoms with Crippen molar-refractivity contribution in [2.75, 3.05) is 32.7 Å². The highest BCUT2D eigenvalue weighted by Crippen LogP contribution is 2.12. The first-order valence-electron chi connectivity index (χ1n) is 7.69. The molecule has 22 heavy (non-hydrogen) atoms. The van der Waals surface area contributed by atoms with E-state index in [4.69, 9.17) is 0 Å². The minimum atomic E-state index is -0.294. The summed E-state index contributed by atoms with van der Waals surface area (Å²) in [5.74, 6) is -0.125. The monoisotopic (exact) mass is 306 g/mol. The van der Waals surface area contributed by atoms with Gasteiger partial charge in [0.2, 0.25) is 5.91 Å². The van der Waals surface area contributed by atoms with Gasteiger partial charge in [-0.1, -0.05) is 13.8 Å². The summed E-state index contributed by atoms with van der Waals surface area (Å²) < 4.78 is 13.2. The number of hydrogen-bond donors (Lipinski definition) is 0. The lowest BCUT2D eigenvalue weighted by Crippen LogP contribution is -2.50. The Hall–Kier alpha value is -1.75. The van der Waals surface area contributed by atoms with E-state index in [2.05, 4.69) is 0 Å². The van der Waals surface area contributed by atoms with Gasteiger partial charge in [-0.2, -0.15) is 0 Å². The number of Topliss-reactive ketones (excluding diaryl/α,β-unsaturated/α-hetero) is 1. The quantitative estimate of drug-likeness (QED) is 0.800. The van der Waals surface area contributed by atoms with Gasteiger partial charge in [0.1, 0.15) is 5.82 Å². The fourth-order valence-corrected chi connectivity index (χ4v) is 2.60. The normalized spacial score (nSPS) is 16.1. The predicted molar refractivity (Wildman–Crippen MR) is 83.3 cm³/mol. The predicted octanol–water partition coefficient (Wildman–Crippen LogP) is 2.12. The maximum Gasteiger partial charge on any atom is 0.225 e. The van der Waals surface area contributed by atoms with Gasteiger partial charge in [0.15, 0.2) is 5.78 Å². The lowest BCUT2D eigenvalue weighted by molar-refractivity contribution is -0.136. The molecule has 1 aliphatic rings. The third kappa shape index (κ3) is 3.91. The number of halogens is 1. The van der Waals surface area contributed by atoms with Crippen LogP contribution in [0.3, 0.4) is 0 Å². The van der Waals surface area contributed by atoms with Crippen molar-refractivity contribution in [1.82, 2.24) is 9.80 Å². The molecule has 0 atom stereocenters. The number of rotatable bonds is 4. The van der Waals surface area contributed by atoms with E-state index in [1.807, 2.05) is 23.6 Å². The maximum atomic E-state index is 13.2. The van der Waals surface area contributed by atoms with E-state index in [0.29, 0.717) is 43.9 Å². The number of hydrogen-bond acceptors (Lipinski definition) is 3. The van der Waals surface area contributed by atoms with E-state index in [-0.39, 0.29) is 23.4 Å². The Morgan fingerprint density at radius 1 is 1.18 bits per heavy atom. The van der Waals surface area contributed by atoms with Gasteiger partial charge in [-0.15, -0.1) is 0 Å². The Labute approximate surface area is 130 Å². The molecule has 5 heteroatoms. The molecule has 1 fully saturated rings. The van der Waals surface area contributed by atoms with Crippen LogP contribution >= 0.6 is 0 Å². The van der Waals surface area contributed by atoms with Crippen LogP contribution in [0.5, 0.6) is 0 Å². The van der Waals surface area contributed by atoms with Gasteiger partial charge in [0, 0.05) is 37.7 Å². The first-order valence-corrected chi connectivity index (χ1v) is 7.69. The van der Waals surface area contributed by atoms with Gasteiger partial charge in [-0.25, -0.2) is 4.39 Å². The highest BCUT2D eigenvalue weighted by Gasteiger charge is 2.24. The average molecular weight is 306 g/mol. The summed E-state index contributed by atoms with van der Waals surface area (Å²) in [6, 6.07) is 4.46. The number of piperazine rings is 1. The van der Waals surface area contributed by atoms with E-state index in [9.17, 15) is 14.0 Å². The molecular formula is C17H23FN2O2. The number of carbonyl (C=O) groups excluding carboxylic acids is 2. The van der Waals surface area contributed by atoms with Crippen LogP contribution in [0, 0.1) is 18.7 Å². The molecular weight excluding hydrogens is 283 g/mol. The van der Waals surface area contributed by atoms with E-state index in [1.165, 1.54) is 12.1 Å². The van der Waals surface area contributed by atoms with E-state index < -0.39 is 0 Å². The van der Waals surface area contributed by atoms with Gasteiger partial charge in [-0.05, 0) is 30.7 Å². The SMILES string of the molecule is Cc1cc(C(=O)CN2CCN(C(=O)C(C)C)CC2)ccc1F. The zero-order valence-electron chi connectivity index (χ0n) is 13.4. The highest BCUT2D eigenvalue weighted by atomic mass is 19.1. The summed E-state index contributed by atoms with van der Waals surface area (Å²) in [4.78, 5) is 28.1. The summed E-state index contributed by atoms with van der Waals surface area (Å²) in [5, 5.41) is 0. The van der Waals surface area contributed by atoms with Gasteiger partial charge < -0.3 is 4.90 Å². The molecule has 1 aliphatic heterocycles. The Morgan fingerprint density at radius 3 is 2.36 bits per heavy atom. The molecule has 1 amide bonds. The number of aryl methyl sites for hydroxylation is 1. The molecule has 0 spiro atoms. The molecule has 0 N–H and O–H groups in total. The number of nitrogens with zero attached hydrogens (tertiary/aromatic N) is 2. The fraction of sp³-hybridized carbons (Fsp3) is 0.529. The van der Waals surface area contributed by atoms with Crippen LogP contribution in [-0.4, -0.2) is 54.2 Å². The van der Waals surface area contributed by atoms with Crippen molar-refractivity contribution in [2.24, 2.45) is 5.92 Å². The second-order valence-corrected chi connectivity index (χ2v) is 6.14. The first-order chi connectivity index (χ1) is 10.4. The molecule has 0 unspecified atom stereocenters. The van der Waals surface area contributed by atoms with Crippen molar-refractivity contribution in [3.05, 3.63) is 35.1 Å². The number of ketones is 1. The molecule has 2 rings (SSSR count). The molecule has 4 nitrogen and oxygen atoms in total. The minimum Gasteiger partial charge on any atom is -0.340 e. The molecule has 1 aromatic carbocycles. The zero-order valence-corrected chi connectivity index (χ0v) is 13.4. The van der Waals surface area contributed by atoms with Crippen molar-refractivity contribution in [3.8, 4) is 0 Å². The van der Waals surface area contributed by atoms with Crippen LogP contribution in [0.4, 0.5) is 4.39 Å². The van der Waals surface area contributed by atoms with Crippen LogP contribution in [0.1, 0.15) is 29.8 Å². The molecule has 0 aliphatic carbocycles. The summed E-state index contributed by atoms with van der Waals surface area (Å²) in [7, 11) is 0. The minimum absolute atomic E-state index is 0.00765. The molecule has 0 aromatic heterocycles. The van der Waals surface area contributed by atoms with Crippen molar-refractivity contribution < 1.29 is 14.0 Å². The summed E-state index contributed by atoms with van der Waals surface area (Å²) in [5.41, 5.74) is 1.03. The second kappa shape index (κ2) is 7.01. The highest BCUT2D eigenvalue weighted by molar-refractivity contribution is 5.97. The van der Waals surface area contributed by atoms with Crippen molar-refractivity contribution in [1.29, 1.82) is 0 Å². The Balaban J connectivity index is 1.89. The number of carbonyl (C=O) groups is 2. The van der Waals surface area contributed by atoms with E-state index in [1.54, 1.807) is 13.0 Å². The molecule has 1 saturated heterocycles. The molecule has 0 bridgehead atoms. The largest absolute Gasteiger partial charge is 0.340 e. The Bertz CT molecular complexity index is 564. The van der Waals surface area contributed by atoms with E-state index in [0.717, 1.165) is 0 Å². The van der Waals surface area contributed by atoms with Crippen LogP contribution < -0.4 is 0 Å². The van der Waals surface area contributed by atoms with Crippen molar-refractivity contribution >= 4 is 11.7 Å². The number of benzene rings is 1. The smallest absolute Gasteiger partial charge is 0.225 e. The lowest BCUT2D eigenvalue weighted by Gasteiger charge is -2.35. The van der Waals surface area contributed by atoms with Gasteiger partial charge in [0.05, 0.1) is 6.54 Å². The Kier molecular flexibility index (Phi) is 5.29. The topological polar surface area (TPSA) is 40.6 Å². The molecule has 1 heterocycles. The number of amides is 1. The van der Waals surface area contributed by atoms with Gasteiger partial charge in [0.25, 0.3) is 0 Å². The summed E-state index contributed by atoms with van der Waals surface area (Å²) in [6.45, 7) is 8.48. The van der Waals surface area contributed by atoms with E-state index >= 15 is 0 Å². The molecule has 120 valence electrons. The van der Waals surface area contributed by atoms with Gasteiger partial charge in [-0.3, -0.25) is 14.5 Å². The third-order valence-corrected chi connectivity index (χ3v) is 4.02. The second-order valence-electron chi connectivity index (χ2n) is 6.14. The molecule has 0 radical (unpaired) electrons. The summed E-state index contributed by atoms with van der Waals surface area (Å²) in [6.07, 6.45) is 0. The molecule has 0 saturated carbocycles. The van der Waals surface area contributed by atoms with Crippen LogP contribution in [0.2, 0.25) is 0 Å². The summed E-state index contributed by atoms with van der Waals surface area (Å²) >= 11 is 0. The van der Waals surface area contributed by atoms with Crippen LogP contribution in [0.25, 0.3) is 0 Å². The fourth-order valence-electron chi connectivity index (χ4n) is 2.60. The molecule has 1 aromatic rings. The standard InChI is InChI=1S/C17H23FN2O2/c1-12(2)17(22)20-8-6-19(7-9-20)11-16(21)14-4-5-15(18)13(3)10-14/h4-5,10,12H,6-9,11H2,1-3H3.